The van der Waals surface area contributed by atoms with Crippen LogP contribution in [0.15, 0.2) is 24.3 Å². The van der Waals surface area contributed by atoms with Crippen molar-refractivity contribution in [2.24, 2.45) is 11.7 Å². The number of hydrogen-bond donors (Lipinski definition) is 2. The van der Waals surface area contributed by atoms with Crippen LogP contribution in [0.5, 0.6) is 0 Å². The van der Waals surface area contributed by atoms with Crippen molar-refractivity contribution in [1.29, 1.82) is 0 Å². The molecule has 2 aromatic rings. The van der Waals surface area contributed by atoms with Crippen molar-refractivity contribution in [2.45, 2.75) is 45.6 Å². The van der Waals surface area contributed by atoms with Crippen molar-refractivity contribution in [2.75, 3.05) is 32.1 Å². The van der Waals surface area contributed by atoms with Crippen molar-refractivity contribution in [3.8, 4) is 11.8 Å². The number of nitrogens with two attached hydrogens (primary N) is 1. The minimum atomic E-state index is 0.0833. The molecule has 3 N–H and O–H groups in total. The van der Waals surface area contributed by atoms with E-state index < -0.39 is 0 Å². The molecule has 0 atom stereocenters. The molecule has 0 unspecified atom stereocenters. The van der Waals surface area contributed by atoms with Crippen LogP contribution >= 0.6 is 0 Å². The Morgan fingerprint density at radius 3 is 2.59 bits per heavy atom. The number of aromatic amines is 1. The highest BCUT2D eigenvalue weighted by molar-refractivity contribution is 6.35. The molecular weight excluding hydrogens is 396 g/mol. The molecule has 168 valence electrons. The van der Waals surface area contributed by atoms with Gasteiger partial charge >= 0.3 is 0 Å². The van der Waals surface area contributed by atoms with E-state index >= 15 is 0 Å². The Balaban J connectivity index is 1.70. The predicted molar refractivity (Wildman–Crippen MR) is 132 cm³/mol. The molecule has 5 heteroatoms. The summed E-state index contributed by atoms with van der Waals surface area (Å²) in [6, 6.07) is 8.58. The summed E-state index contributed by atoms with van der Waals surface area (Å²) in [6.45, 7) is 5.56. The standard InChI is InChI=1S/C27H34N4O/c1-18-14-19(2)29-25(18)16-24-23-12-9-20(6-5-13-30(3)4)15-26(23)31(27(24)32)17-21-7-10-22(28)11-8-21/h9,12,14-16,21-22,29H,7-8,10-11,13,17,28H2,1-4H3/b24-16-. The lowest BCUT2D eigenvalue weighted by Gasteiger charge is -2.29. The fourth-order valence-corrected chi connectivity index (χ4v) is 4.72. The molecule has 1 fully saturated rings. The lowest BCUT2D eigenvalue weighted by molar-refractivity contribution is -0.113. The summed E-state index contributed by atoms with van der Waals surface area (Å²) >= 11 is 0. The van der Waals surface area contributed by atoms with Gasteiger partial charge in [-0.15, -0.1) is 0 Å². The van der Waals surface area contributed by atoms with Gasteiger partial charge in [0, 0.05) is 35.1 Å². The van der Waals surface area contributed by atoms with E-state index in [1.165, 1.54) is 0 Å². The maximum Gasteiger partial charge on any atom is 0.259 e. The second-order valence-corrected chi connectivity index (χ2v) is 9.58. The SMILES string of the molecule is Cc1cc(C)c(/C=C2\C(=O)N(CC3CCC(N)CC3)c3cc(C#CCN(C)C)ccc32)[nH]1. The zero-order valence-electron chi connectivity index (χ0n) is 19.7. The number of hydrogen-bond acceptors (Lipinski definition) is 3. The Bertz CT molecular complexity index is 1090. The average Bonchev–Trinajstić information content (AvgIpc) is 3.19. The van der Waals surface area contributed by atoms with Crippen LogP contribution in [0.4, 0.5) is 5.69 Å². The third kappa shape index (κ3) is 4.82. The highest BCUT2D eigenvalue weighted by Gasteiger charge is 2.34. The molecule has 1 saturated carbocycles. The molecule has 4 rings (SSSR count). The Morgan fingerprint density at radius 1 is 1.19 bits per heavy atom. The molecular formula is C27H34N4O. The number of H-pyrrole nitrogens is 1. The summed E-state index contributed by atoms with van der Waals surface area (Å²) < 4.78 is 0. The summed E-state index contributed by atoms with van der Waals surface area (Å²) in [6.07, 6.45) is 6.25. The van der Waals surface area contributed by atoms with Gasteiger partial charge in [-0.25, -0.2) is 0 Å². The number of amides is 1. The summed E-state index contributed by atoms with van der Waals surface area (Å²) in [5, 5.41) is 0. The molecule has 1 aliphatic heterocycles. The van der Waals surface area contributed by atoms with E-state index in [2.05, 4.69) is 41.9 Å². The zero-order valence-corrected chi connectivity index (χ0v) is 19.7. The van der Waals surface area contributed by atoms with Gasteiger partial charge in [0.1, 0.15) is 0 Å². The third-order valence-corrected chi connectivity index (χ3v) is 6.49. The summed E-state index contributed by atoms with van der Waals surface area (Å²) in [7, 11) is 4.02. The fraction of sp³-hybridized carbons (Fsp3) is 0.444. The van der Waals surface area contributed by atoms with Crippen LogP contribution in [-0.2, 0) is 4.79 Å². The number of nitrogens with zero attached hydrogens (tertiary/aromatic N) is 2. The van der Waals surface area contributed by atoms with Gasteiger partial charge in [-0.3, -0.25) is 9.69 Å². The van der Waals surface area contributed by atoms with Crippen LogP contribution < -0.4 is 10.6 Å². The number of fused-ring (bicyclic) bond motifs is 1. The van der Waals surface area contributed by atoms with Crippen LogP contribution in [0.25, 0.3) is 11.6 Å². The van der Waals surface area contributed by atoms with Crippen LogP contribution in [-0.4, -0.2) is 49.0 Å². The fourth-order valence-electron chi connectivity index (χ4n) is 4.72. The molecule has 5 nitrogen and oxygen atoms in total. The number of aryl methyl sites for hydroxylation is 2. The summed E-state index contributed by atoms with van der Waals surface area (Å²) in [4.78, 5) is 21.0. The van der Waals surface area contributed by atoms with Crippen LogP contribution in [0.1, 0.15) is 53.8 Å². The number of anilines is 1. The van der Waals surface area contributed by atoms with Gasteiger partial charge in [-0.2, -0.15) is 0 Å². The number of carbonyl (C=O) groups excluding carboxylic acids is 1. The van der Waals surface area contributed by atoms with Gasteiger partial charge in [0.25, 0.3) is 5.91 Å². The maximum atomic E-state index is 13.6. The van der Waals surface area contributed by atoms with E-state index in [0.29, 0.717) is 18.5 Å². The van der Waals surface area contributed by atoms with Crippen molar-refractivity contribution in [1.82, 2.24) is 9.88 Å². The number of aromatic nitrogens is 1. The minimum Gasteiger partial charge on any atom is -0.359 e. The highest BCUT2D eigenvalue weighted by Crippen LogP contribution is 2.40. The van der Waals surface area contributed by atoms with Gasteiger partial charge in [0.05, 0.1) is 17.8 Å². The Hall–Kier alpha value is -2.81. The molecule has 0 bridgehead atoms. The molecule has 2 heterocycles. The third-order valence-electron chi connectivity index (χ3n) is 6.49. The van der Waals surface area contributed by atoms with Crippen LogP contribution in [0, 0.1) is 31.6 Å². The number of carbonyl (C=O) groups is 1. The van der Waals surface area contributed by atoms with Gasteiger partial charge in [-0.1, -0.05) is 17.9 Å². The van der Waals surface area contributed by atoms with Crippen molar-refractivity contribution < 1.29 is 4.79 Å². The van der Waals surface area contributed by atoms with E-state index in [-0.39, 0.29) is 5.91 Å². The maximum absolute atomic E-state index is 13.6. The molecule has 1 aliphatic carbocycles. The van der Waals surface area contributed by atoms with Crippen LogP contribution in [0.2, 0.25) is 0 Å². The second kappa shape index (κ2) is 9.36. The van der Waals surface area contributed by atoms with Crippen molar-refractivity contribution >= 4 is 23.2 Å². The predicted octanol–water partition coefficient (Wildman–Crippen LogP) is 3.95. The number of nitrogens with one attached hydrogen (secondary N) is 1. The normalized spacial score (nSPS) is 21.8. The van der Waals surface area contributed by atoms with Gasteiger partial charge in [-0.05, 0) is 89.4 Å². The Kier molecular flexibility index (Phi) is 6.55. The lowest BCUT2D eigenvalue weighted by Crippen LogP contribution is -2.36. The van der Waals surface area contributed by atoms with E-state index in [9.17, 15) is 4.79 Å². The second-order valence-electron chi connectivity index (χ2n) is 9.58. The summed E-state index contributed by atoms with van der Waals surface area (Å²) in [5.74, 6) is 7.03. The first-order chi connectivity index (χ1) is 15.3. The number of benzene rings is 1. The van der Waals surface area contributed by atoms with E-state index in [4.69, 9.17) is 5.73 Å². The molecule has 0 saturated heterocycles. The summed E-state index contributed by atoms with van der Waals surface area (Å²) in [5.41, 5.74) is 13.0. The monoisotopic (exact) mass is 430 g/mol. The van der Waals surface area contributed by atoms with Gasteiger partial charge in [0.15, 0.2) is 0 Å². The van der Waals surface area contributed by atoms with E-state index in [0.717, 1.165) is 71.6 Å². The number of rotatable bonds is 4. The molecule has 1 aromatic heterocycles. The highest BCUT2D eigenvalue weighted by atomic mass is 16.2. The zero-order chi connectivity index (χ0) is 22.8. The van der Waals surface area contributed by atoms with Crippen LogP contribution in [0.3, 0.4) is 0 Å². The topological polar surface area (TPSA) is 65.4 Å². The van der Waals surface area contributed by atoms with Gasteiger partial charge in [0.2, 0.25) is 0 Å². The molecule has 1 amide bonds. The minimum absolute atomic E-state index is 0.0833. The first-order valence-electron chi connectivity index (χ1n) is 11.5. The molecule has 32 heavy (non-hydrogen) atoms. The van der Waals surface area contributed by atoms with E-state index in [1.54, 1.807) is 0 Å². The average molecular weight is 431 g/mol. The molecule has 0 radical (unpaired) electrons. The molecule has 0 spiro atoms. The molecule has 2 aliphatic rings. The van der Waals surface area contributed by atoms with Crippen molar-refractivity contribution in [3.05, 3.63) is 52.3 Å². The van der Waals surface area contributed by atoms with E-state index in [1.807, 2.05) is 43.0 Å². The lowest BCUT2D eigenvalue weighted by atomic mass is 9.86. The quantitative estimate of drug-likeness (QED) is 0.570. The van der Waals surface area contributed by atoms with Crippen molar-refractivity contribution in [3.63, 3.8) is 0 Å². The largest absolute Gasteiger partial charge is 0.359 e. The first-order valence-corrected chi connectivity index (χ1v) is 11.5. The molecule has 1 aromatic carbocycles. The first kappa shape index (κ1) is 22.4. The Morgan fingerprint density at radius 2 is 1.94 bits per heavy atom. The Labute approximate surface area is 191 Å². The smallest absolute Gasteiger partial charge is 0.259 e. The van der Waals surface area contributed by atoms with Gasteiger partial charge < -0.3 is 15.6 Å².